The molecule has 0 aliphatic rings. The molecule has 0 spiro atoms. The standard InChI is InChI=1S/C14H13Cl2N5O4S/c1-7-4-5-8(15)12(11(7)16)20-26(22,23)14-18-13-17-9(24-2)6-10(25-3)21(13)19-14/h4-6,20H,1-3H3/p+1. The van der Waals surface area contributed by atoms with Crippen molar-refractivity contribution < 1.29 is 22.4 Å². The minimum absolute atomic E-state index is 0.0445. The van der Waals surface area contributed by atoms with Crippen molar-refractivity contribution in [3.8, 4) is 11.8 Å². The van der Waals surface area contributed by atoms with Crippen LogP contribution in [0.3, 0.4) is 0 Å². The van der Waals surface area contributed by atoms with Crippen LogP contribution >= 0.6 is 23.2 Å². The van der Waals surface area contributed by atoms with Gasteiger partial charge in [-0.1, -0.05) is 33.8 Å². The van der Waals surface area contributed by atoms with Gasteiger partial charge in [0.05, 0.1) is 36.0 Å². The summed E-state index contributed by atoms with van der Waals surface area (Å²) in [5.41, 5.74) is 0.733. The number of hydrogen-bond acceptors (Lipinski definition) is 6. The van der Waals surface area contributed by atoms with Crippen LogP contribution in [0.5, 0.6) is 11.8 Å². The number of methoxy groups -OCH3 is 2. The molecule has 2 aromatic heterocycles. The zero-order valence-electron chi connectivity index (χ0n) is 13.9. The summed E-state index contributed by atoms with van der Waals surface area (Å²) >= 11 is 12.2. The topological polar surface area (TPSA) is 110 Å². The highest BCUT2D eigenvalue weighted by Crippen LogP contribution is 2.34. The molecule has 0 atom stereocenters. The molecular formula is C14H14Cl2N5O4S+. The predicted octanol–water partition coefficient (Wildman–Crippen LogP) is 1.98. The Morgan fingerprint density at radius 2 is 1.92 bits per heavy atom. The average molecular weight is 419 g/mol. The molecule has 12 heteroatoms. The van der Waals surface area contributed by atoms with Crippen molar-refractivity contribution in [3.63, 3.8) is 0 Å². The summed E-state index contributed by atoms with van der Waals surface area (Å²) in [6, 6.07) is 4.70. The summed E-state index contributed by atoms with van der Waals surface area (Å²) in [5.74, 6) is 0.519. The van der Waals surface area contributed by atoms with Gasteiger partial charge in [-0.15, -0.1) is 0 Å². The lowest BCUT2D eigenvalue weighted by molar-refractivity contribution is -0.590. The summed E-state index contributed by atoms with van der Waals surface area (Å²) in [6.45, 7) is 1.73. The molecule has 0 aliphatic heterocycles. The minimum Gasteiger partial charge on any atom is -0.470 e. The normalized spacial score (nSPS) is 11.6. The van der Waals surface area contributed by atoms with Crippen LogP contribution in [0.1, 0.15) is 5.56 Å². The fourth-order valence-electron chi connectivity index (χ4n) is 2.15. The van der Waals surface area contributed by atoms with E-state index < -0.39 is 15.2 Å². The molecule has 3 aromatic rings. The lowest BCUT2D eigenvalue weighted by atomic mass is 10.2. The summed E-state index contributed by atoms with van der Waals surface area (Å²) in [4.78, 5) is 8.05. The second-order valence-corrected chi connectivity index (χ2v) is 7.55. The highest BCUT2D eigenvalue weighted by molar-refractivity contribution is 7.92. The van der Waals surface area contributed by atoms with Gasteiger partial charge in [-0.05, 0) is 28.5 Å². The Kier molecular flexibility index (Phi) is 4.82. The molecule has 2 heterocycles. The summed E-state index contributed by atoms with van der Waals surface area (Å²) in [7, 11) is -1.28. The van der Waals surface area contributed by atoms with Gasteiger partial charge < -0.3 is 9.47 Å². The summed E-state index contributed by atoms with van der Waals surface area (Å²) in [5, 5.41) is 2.56. The lowest BCUT2D eigenvalue weighted by Crippen LogP contribution is -2.28. The Bertz CT molecular complexity index is 1100. The monoisotopic (exact) mass is 418 g/mol. The lowest BCUT2D eigenvalue weighted by Gasteiger charge is -2.10. The maximum atomic E-state index is 12.7. The van der Waals surface area contributed by atoms with Gasteiger partial charge in [0, 0.05) is 0 Å². The molecule has 0 amide bonds. The number of fused-ring (bicyclic) bond motifs is 1. The van der Waals surface area contributed by atoms with Gasteiger partial charge in [0.15, 0.2) is 0 Å². The molecule has 9 nitrogen and oxygen atoms in total. The molecule has 0 aliphatic carbocycles. The second kappa shape index (κ2) is 6.78. The van der Waals surface area contributed by atoms with Gasteiger partial charge in [0.25, 0.3) is 5.88 Å². The van der Waals surface area contributed by atoms with E-state index in [9.17, 15) is 8.42 Å². The van der Waals surface area contributed by atoms with Crippen molar-refractivity contribution in [1.29, 1.82) is 0 Å². The minimum atomic E-state index is -4.12. The molecule has 0 fully saturated rings. The Labute approximate surface area is 158 Å². The van der Waals surface area contributed by atoms with Crippen molar-refractivity contribution in [2.45, 2.75) is 12.1 Å². The van der Waals surface area contributed by atoms with Gasteiger partial charge in [-0.25, -0.2) is 0 Å². The van der Waals surface area contributed by atoms with Crippen molar-refractivity contribution >= 4 is 44.7 Å². The van der Waals surface area contributed by atoms with Gasteiger partial charge in [-0.2, -0.15) is 13.5 Å². The van der Waals surface area contributed by atoms with E-state index in [2.05, 4.69) is 19.8 Å². The Hall–Kier alpha value is -2.30. The molecule has 3 rings (SSSR count). The maximum absolute atomic E-state index is 12.7. The molecule has 2 N–H and O–H groups in total. The number of H-pyrrole nitrogens is 1. The smallest absolute Gasteiger partial charge is 0.465 e. The first-order valence-electron chi connectivity index (χ1n) is 7.15. The van der Waals surface area contributed by atoms with Crippen LogP contribution in [0.15, 0.2) is 23.4 Å². The maximum Gasteiger partial charge on any atom is 0.465 e. The first-order chi connectivity index (χ1) is 12.3. The number of anilines is 1. The van der Waals surface area contributed by atoms with Crippen LogP contribution < -0.4 is 18.7 Å². The third-order valence-corrected chi connectivity index (χ3v) is 5.45. The van der Waals surface area contributed by atoms with Crippen LogP contribution in [0.4, 0.5) is 5.69 Å². The zero-order valence-corrected chi connectivity index (χ0v) is 16.2. The number of rotatable bonds is 5. The number of halogens is 2. The molecule has 0 saturated heterocycles. The largest absolute Gasteiger partial charge is 0.470 e. The van der Waals surface area contributed by atoms with E-state index in [1.165, 1.54) is 24.8 Å². The number of sulfonamides is 1. The first kappa shape index (κ1) is 18.5. The Balaban J connectivity index is 2.09. The van der Waals surface area contributed by atoms with E-state index in [0.717, 1.165) is 0 Å². The van der Waals surface area contributed by atoms with Gasteiger partial charge in [0.2, 0.25) is 0 Å². The predicted molar refractivity (Wildman–Crippen MR) is 94.7 cm³/mol. The number of hydrogen-bond donors (Lipinski definition) is 2. The quantitative estimate of drug-likeness (QED) is 0.612. The molecule has 26 heavy (non-hydrogen) atoms. The van der Waals surface area contributed by atoms with Crippen molar-refractivity contribution in [2.75, 3.05) is 18.9 Å². The number of benzene rings is 1. The molecule has 0 unspecified atom stereocenters. The Morgan fingerprint density at radius 1 is 1.19 bits per heavy atom. The highest BCUT2D eigenvalue weighted by atomic mass is 35.5. The van der Waals surface area contributed by atoms with E-state index >= 15 is 0 Å². The van der Waals surface area contributed by atoms with Gasteiger partial charge in [0.1, 0.15) is 0 Å². The number of aromatic amines is 1. The third-order valence-electron chi connectivity index (χ3n) is 3.48. The van der Waals surface area contributed by atoms with Crippen molar-refractivity contribution in [1.82, 2.24) is 15.1 Å². The van der Waals surface area contributed by atoms with Crippen LogP contribution in [0, 0.1) is 6.92 Å². The average Bonchev–Trinajstić information content (AvgIpc) is 3.06. The van der Waals surface area contributed by atoms with Gasteiger partial charge >= 0.3 is 26.8 Å². The number of nitrogens with one attached hydrogen (secondary N) is 2. The first-order valence-corrected chi connectivity index (χ1v) is 9.39. The number of aryl methyl sites for hydroxylation is 1. The Morgan fingerprint density at radius 3 is 2.58 bits per heavy atom. The summed E-state index contributed by atoms with van der Waals surface area (Å²) in [6.07, 6.45) is 0. The molecule has 1 aromatic carbocycles. The second-order valence-electron chi connectivity index (χ2n) is 5.16. The van der Waals surface area contributed by atoms with E-state index in [4.69, 9.17) is 32.7 Å². The van der Waals surface area contributed by atoms with E-state index in [-0.39, 0.29) is 33.3 Å². The molecule has 0 radical (unpaired) electrons. The van der Waals surface area contributed by atoms with Crippen LogP contribution in [0.25, 0.3) is 5.78 Å². The molecule has 138 valence electrons. The number of ether oxygens (including phenoxy) is 2. The van der Waals surface area contributed by atoms with E-state index in [0.29, 0.717) is 5.56 Å². The van der Waals surface area contributed by atoms with E-state index in [1.807, 2.05) is 0 Å². The number of aromatic nitrogens is 4. The van der Waals surface area contributed by atoms with Crippen molar-refractivity contribution in [3.05, 3.63) is 33.8 Å². The molecule has 0 saturated carbocycles. The molecule has 0 bridgehead atoms. The SMILES string of the molecule is COc1cc(OC)[n+]2[nH]c(S(=O)(=O)Nc3c(Cl)ccc(C)c3Cl)nc2n1. The van der Waals surface area contributed by atoms with Crippen LogP contribution in [-0.2, 0) is 10.0 Å². The van der Waals surface area contributed by atoms with Crippen LogP contribution in [0.2, 0.25) is 10.0 Å². The van der Waals surface area contributed by atoms with E-state index in [1.54, 1.807) is 19.1 Å². The molecular weight excluding hydrogens is 405 g/mol. The summed E-state index contributed by atoms with van der Waals surface area (Å²) < 4.78 is 39.2. The van der Waals surface area contributed by atoms with Crippen LogP contribution in [-0.4, -0.2) is 37.7 Å². The zero-order chi connectivity index (χ0) is 19.1. The fraction of sp³-hybridized carbons (Fsp3) is 0.214. The third kappa shape index (κ3) is 3.22. The fourth-order valence-corrected chi connectivity index (χ4v) is 3.72. The highest BCUT2D eigenvalue weighted by Gasteiger charge is 2.30. The van der Waals surface area contributed by atoms with Crippen molar-refractivity contribution in [2.24, 2.45) is 0 Å². The van der Waals surface area contributed by atoms with Gasteiger partial charge in [-0.3, -0.25) is 4.72 Å². The number of nitrogens with zero attached hydrogens (tertiary/aromatic N) is 3.